The molecule has 0 atom stereocenters. The lowest BCUT2D eigenvalue weighted by Gasteiger charge is -2.10. The third-order valence-electron chi connectivity index (χ3n) is 2.65. The molecule has 0 N–H and O–H groups in total. The van der Waals surface area contributed by atoms with Gasteiger partial charge in [0.2, 0.25) is 0 Å². The highest BCUT2D eigenvalue weighted by Gasteiger charge is 2.12. The minimum absolute atomic E-state index is 0.0356. The van der Waals surface area contributed by atoms with Crippen molar-refractivity contribution in [3.63, 3.8) is 0 Å². The van der Waals surface area contributed by atoms with Crippen LogP contribution in [0.3, 0.4) is 0 Å². The Morgan fingerprint density at radius 2 is 2.00 bits per heavy atom. The van der Waals surface area contributed by atoms with Crippen molar-refractivity contribution in [2.75, 3.05) is 11.5 Å². The molecule has 0 bridgehead atoms. The van der Waals surface area contributed by atoms with Crippen LogP contribution in [0, 0.1) is 18.3 Å². The maximum atomic E-state index is 11.8. The molecule has 0 aliphatic rings. The average molecular weight is 268 g/mol. The summed E-state index contributed by atoms with van der Waals surface area (Å²) < 4.78 is 24.5. The molecule has 1 heterocycles. The summed E-state index contributed by atoms with van der Waals surface area (Å²) in [6, 6.07) is 4.90. The highest BCUT2D eigenvalue weighted by molar-refractivity contribution is 7.91. The molecule has 1 rings (SSSR count). The van der Waals surface area contributed by atoms with E-state index in [0.29, 0.717) is 12.1 Å². The van der Waals surface area contributed by atoms with E-state index in [0.717, 1.165) is 0 Å². The van der Waals surface area contributed by atoms with Crippen molar-refractivity contribution in [2.24, 2.45) is 0 Å². The Morgan fingerprint density at radius 1 is 1.33 bits per heavy atom. The second-order valence-electron chi connectivity index (χ2n) is 4.11. The number of pyridine rings is 1. The maximum absolute atomic E-state index is 11.8. The molecule has 0 radical (unpaired) electrons. The fourth-order valence-corrected chi connectivity index (χ4v) is 2.96. The Kier molecular flexibility index (Phi) is 4.68. The molecule has 0 fully saturated rings. The molecule has 98 valence electrons. The van der Waals surface area contributed by atoms with Crippen LogP contribution >= 0.6 is 0 Å². The number of hydrogen-bond acceptors (Lipinski definition) is 4. The van der Waals surface area contributed by atoms with Gasteiger partial charge in [0.25, 0.3) is 5.56 Å². The van der Waals surface area contributed by atoms with Crippen molar-refractivity contribution in [3.8, 4) is 6.07 Å². The number of nitriles is 1. The average Bonchev–Trinajstić information content (AvgIpc) is 2.28. The fourth-order valence-electron chi connectivity index (χ4n) is 1.68. The van der Waals surface area contributed by atoms with Gasteiger partial charge in [0.15, 0.2) is 9.84 Å². The SMILES string of the molecule is CCCS(=O)(=O)CCn1c(C)ccc(C#N)c1=O. The first-order chi connectivity index (χ1) is 8.41. The molecule has 0 saturated carbocycles. The maximum Gasteiger partial charge on any atom is 0.268 e. The van der Waals surface area contributed by atoms with Crippen LogP contribution in [0.4, 0.5) is 0 Å². The van der Waals surface area contributed by atoms with Crippen molar-refractivity contribution in [2.45, 2.75) is 26.8 Å². The van der Waals surface area contributed by atoms with E-state index >= 15 is 0 Å². The van der Waals surface area contributed by atoms with Crippen molar-refractivity contribution < 1.29 is 8.42 Å². The summed E-state index contributed by atoms with van der Waals surface area (Å²) in [6.45, 7) is 3.61. The van der Waals surface area contributed by atoms with Crippen LogP contribution in [0.2, 0.25) is 0 Å². The van der Waals surface area contributed by atoms with Crippen LogP contribution in [0.25, 0.3) is 0 Å². The van der Waals surface area contributed by atoms with Crippen LogP contribution in [0.5, 0.6) is 0 Å². The minimum Gasteiger partial charge on any atom is -0.311 e. The number of nitrogens with zero attached hydrogens (tertiary/aromatic N) is 2. The molecule has 0 amide bonds. The normalized spacial score (nSPS) is 11.2. The van der Waals surface area contributed by atoms with E-state index in [9.17, 15) is 13.2 Å². The number of hydrogen-bond donors (Lipinski definition) is 0. The van der Waals surface area contributed by atoms with Gasteiger partial charge in [-0.3, -0.25) is 4.79 Å². The van der Waals surface area contributed by atoms with Crippen LogP contribution in [0.1, 0.15) is 24.6 Å². The van der Waals surface area contributed by atoms with Gasteiger partial charge in [-0.1, -0.05) is 6.92 Å². The Labute approximate surface area is 107 Å². The number of rotatable bonds is 5. The molecule has 0 spiro atoms. The van der Waals surface area contributed by atoms with E-state index in [1.54, 1.807) is 26.0 Å². The summed E-state index contributed by atoms with van der Waals surface area (Å²) in [5.74, 6) is 0.0508. The predicted octanol–water partition coefficient (Wildman–Crippen LogP) is 0.853. The zero-order chi connectivity index (χ0) is 13.8. The second kappa shape index (κ2) is 5.83. The summed E-state index contributed by atoms with van der Waals surface area (Å²) in [7, 11) is -3.13. The molecular weight excluding hydrogens is 252 g/mol. The van der Waals surface area contributed by atoms with E-state index in [4.69, 9.17) is 5.26 Å². The van der Waals surface area contributed by atoms with E-state index in [1.807, 2.05) is 0 Å². The van der Waals surface area contributed by atoms with Gasteiger partial charge in [-0.05, 0) is 25.5 Å². The van der Waals surface area contributed by atoms with E-state index in [2.05, 4.69) is 0 Å². The monoisotopic (exact) mass is 268 g/mol. The van der Waals surface area contributed by atoms with Crippen LogP contribution in [-0.4, -0.2) is 24.5 Å². The van der Waals surface area contributed by atoms with Gasteiger partial charge in [0.05, 0.1) is 5.75 Å². The van der Waals surface area contributed by atoms with Gasteiger partial charge >= 0.3 is 0 Å². The zero-order valence-electron chi connectivity index (χ0n) is 10.5. The molecule has 6 heteroatoms. The van der Waals surface area contributed by atoms with E-state index in [1.165, 1.54) is 10.6 Å². The number of aromatic nitrogens is 1. The van der Waals surface area contributed by atoms with Crippen LogP contribution in [-0.2, 0) is 16.4 Å². The first kappa shape index (κ1) is 14.5. The zero-order valence-corrected chi connectivity index (χ0v) is 11.3. The van der Waals surface area contributed by atoms with Crippen molar-refractivity contribution in [1.82, 2.24) is 4.57 Å². The number of sulfone groups is 1. The summed E-state index contributed by atoms with van der Waals surface area (Å²) in [5.41, 5.74) is 0.267. The molecular formula is C12H16N2O3S. The lowest BCUT2D eigenvalue weighted by atomic mass is 10.2. The fraction of sp³-hybridized carbons (Fsp3) is 0.500. The van der Waals surface area contributed by atoms with E-state index < -0.39 is 15.4 Å². The largest absolute Gasteiger partial charge is 0.311 e. The highest BCUT2D eigenvalue weighted by atomic mass is 32.2. The molecule has 1 aromatic heterocycles. The van der Waals surface area contributed by atoms with Crippen molar-refractivity contribution >= 4 is 9.84 Å². The molecule has 5 nitrogen and oxygen atoms in total. The molecule has 1 aromatic rings. The van der Waals surface area contributed by atoms with Gasteiger partial charge in [-0.2, -0.15) is 5.26 Å². The molecule has 0 aliphatic carbocycles. The minimum atomic E-state index is -3.13. The second-order valence-corrected chi connectivity index (χ2v) is 6.41. The van der Waals surface area contributed by atoms with Crippen LogP contribution in [0.15, 0.2) is 16.9 Å². The van der Waals surface area contributed by atoms with Gasteiger partial charge in [-0.15, -0.1) is 0 Å². The van der Waals surface area contributed by atoms with Crippen molar-refractivity contribution in [1.29, 1.82) is 5.26 Å². The van der Waals surface area contributed by atoms with Gasteiger partial charge in [0, 0.05) is 18.0 Å². The summed E-state index contributed by atoms with van der Waals surface area (Å²) >= 11 is 0. The Bertz CT molecular complexity index is 624. The third kappa shape index (κ3) is 3.44. The lowest BCUT2D eigenvalue weighted by Crippen LogP contribution is -2.28. The molecule has 0 aromatic carbocycles. The van der Waals surface area contributed by atoms with Crippen molar-refractivity contribution in [3.05, 3.63) is 33.7 Å². The lowest BCUT2D eigenvalue weighted by molar-refractivity contribution is 0.584. The molecule has 0 saturated heterocycles. The van der Waals surface area contributed by atoms with Gasteiger partial charge in [0.1, 0.15) is 11.6 Å². The Morgan fingerprint density at radius 3 is 2.56 bits per heavy atom. The Hall–Kier alpha value is -1.61. The van der Waals surface area contributed by atoms with Gasteiger partial charge in [-0.25, -0.2) is 8.42 Å². The summed E-state index contributed by atoms with van der Waals surface area (Å²) in [5, 5.41) is 8.76. The Balaban J connectivity index is 3.00. The third-order valence-corrected chi connectivity index (χ3v) is 4.49. The number of aryl methyl sites for hydroxylation is 1. The highest BCUT2D eigenvalue weighted by Crippen LogP contribution is 2.00. The van der Waals surface area contributed by atoms with E-state index in [-0.39, 0.29) is 23.6 Å². The summed E-state index contributed by atoms with van der Waals surface area (Å²) in [4.78, 5) is 11.8. The first-order valence-electron chi connectivity index (χ1n) is 5.72. The predicted molar refractivity (Wildman–Crippen MR) is 69.1 cm³/mol. The topological polar surface area (TPSA) is 79.9 Å². The summed E-state index contributed by atoms with van der Waals surface area (Å²) in [6.07, 6.45) is 0.564. The molecule has 18 heavy (non-hydrogen) atoms. The van der Waals surface area contributed by atoms with Crippen LogP contribution < -0.4 is 5.56 Å². The molecule has 0 aliphatic heterocycles. The quantitative estimate of drug-likeness (QED) is 0.793. The standard InChI is InChI=1S/C12H16N2O3S/c1-3-7-18(16,17)8-6-14-10(2)4-5-11(9-13)12(14)15/h4-5H,3,6-8H2,1-2H3. The smallest absolute Gasteiger partial charge is 0.268 e. The van der Waals surface area contributed by atoms with Gasteiger partial charge < -0.3 is 4.57 Å². The first-order valence-corrected chi connectivity index (χ1v) is 7.54. The molecule has 0 unspecified atom stereocenters.